The second-order valence-electron chi connectivity index (χ2n) is 5.04. The molecule has 4 nitrogen and oxygen atoms in total. The van der Waals surface area contributed by atoms with Gasteiger partial charge in [0.15, 0.2) is 5.37 Å². The monoisotopic (exact) mass is 366 g/mol. The largest absolute Gasteiger partial charge is 0.364 e. The molecule has 0 spiro atoms. The number of aryl methyl sites for hydroxylation is 1. The van der Waals surface area contributed by atoms with Crippen LogP contribution in [0, 0.1) is 6.92 Å². The number of amides is 2. The highest BCUT2D eigenvalue weighted by atomic mass is 35.5. The molecule has 0 aliphatic carbocycles. The van der Waals surface area contributed by atoms with Crippen LogP contribution in [0.5, 0.6) is 0 Å². The Hall–Kier alpha value is -1.69. The number of hydrogen-bond donors (Lipinski definition) is 1. The van der Waals surface area contributed by atoms with Gasteiger partial charge in [-0.1, -0.05) is 40.9 Å². The molecule has 1 aliphatic rings. The first-order valence-electron chi connectivity index (χ1n) is 6.78. The first-order chi connectivity index (χ1) is 11.0. The summed E-state index contributed by atoms with van der Waals surface area (Å²) in [6.45, 7) is 1.94. The first kappa shape index (κ1) is 16.2. The number of anilines is 2. The van der Waals surface area contributed by atoms with E-state index in [1.165, 1.54) is 4.90 Å². The average molecular weight is 367 g/mol. The molecule has 1 N–H and O–H groups in total. The van der Waals surface area contributed by atoms with Crippen LogP contribution in [0.25, 0.3) is 0 Å². The maximum absolute atomic E-state index is 12.5. The minimum atomic E-state index is -0.720. The lowest BCUT2D eigenvalue weighted by molar-refractivity contribution is -0.116. The van der Waals surface area contributed by atoms with Gasteiger partial charge in [-0.3, -0.25) is 9.59 Å². The lowest BCUT2D eigenvalue weighted by atomic mass is 10.2. The Bertz CT molecular complexity index is 780. The molecule has 0 saturated carbocycles. The van der Waals surface area contributed by atoms with Crippen LogP contribution < -0.4 is 10.2 Å². The van der Waals surface area contributed by atoms with Crippen LogP contribution in [0.15, 0.2) is 42.5 Å². The summed E-state index contributed by atoms with van der Waals surface area (Å²) >= 11 is 12.9. The highest BCUT2D eigenvalue weighted by molar-refractivity contribution is 8.16. The maximum Gasteiger partial charge on any atom is 0.295 e. The van der Waals surface area contributed by atoms with E-state index in [2.05, 4.69) is 5.32 Å². The van der Waals surface area contributed by atoms with E-state index >= 15 is 0 Å². The maximum atomic E-state index is 12.5. The standard InChI is InChI=1S/C16H12Cl2N2O2S/c1-9-2-5-11(6-3-9)20-15(21)14(23-16(20)22)19-13-7-4-10(17)8-12(13)18/h2-8,14,19H,1H3. The van der Waals surface area contributed by atoms with Crippen molar-refractivity contribution in [3.8, 4) is 0 Å². The van der Waals surface area contributed by atoms with Gasteiger partial charge in [0.2, 0.25) is 0 Å². The number of imide groups is 1. The van der Waals surface area contributed by atoms with E-state index in [1.807, 2.05) is 19.1 Å². The molecule has 23 heavy (non-hydrogen) atoms. The van der Waals surface area contributed by atoms with Crippen molar-refractivity contribution in [1.29, 1.82) is 0 Å². The molecular weight excluding hydrogens is 355 g/mol. The number of nitrogens with one attached hydrogen (secondary N) is 1. The molecule has 1 unspecified atom stereocenters. The van der Waals surface area contributed by atoms with Gasteiger partial charge in [-0.05, 0) is 49.0 Å². The molecular formula is C16H12Cl2N2O2S. The molecule has 0 radical (unpaired) electrons. The number of benzene rings is 2. The molecule has 1 aliphatic heterocycles. The summed E-state index contributed by atoms with van der Waals surface area (Å²) in [6, 6.07) is 12.1. The Morgan fingerprint density at radius 3 is 2.43 bits per heavy atom. The van der Waals surface area contributed by atoms with E-state index in [-0.39, 0.29) is 11.1 Å². The Labute approximate surface area is 147 Å². The van der Waals surface area contributed by atoms with Crippen molar-refractivity contribution in [2.75, 3.05) is 10.2 Å². The number of nitrogens with zero attached hydrogens (tertiary/aromatic N) is 1. The third-order valence-corrected chi connectivity index (χ3v) is 4.84. The Kier molecular flexibility index (Phi) is 4.53. The van der Waals surface area contributed by atoms with E-state index in [0.29, 0.717) is 21.4 Å². The lowest BCUT2D eigenvalue weighted by Crippen LogP contribution is -2.34. The first-order valence-corrected chi connectivity index (χ1v) is 8.42. The topological polar surface area (TPSA) is 49.4 Å². The van der Waals surface area contributed by atoms with Gasteiger partial charge in [0, 0.05) is 5.02 Å². The van der Waals surface area contributed by atoms with Crippen LogP contribution in [0.3, 0.4) is 0 Å². The number of rotatable bonds is 3. The van der Waals surface area contributed by atoms with Gasteiger partial charge in [0.25, 0.3) is 11.1 Å². The summed E-state index contributed by atoms with van der Waals surface area (Å²) in [5, 5.41) is 2.85. The molecule has 2 amide bonds. The Morgan fingerprint density at radius 1 is 1.09 bits per heavy atom. The SMILES string of the molecule is Cc1ccc(N2C(=O)SC(Nc3ccc(Cl)cc3Cl)C2=O)cc1. The Balaban J connectivity index is 1.82. The summed E-state index contributed by atoms with van der Waals surface area (Å²) in [7, 11) is 0. The number of thioether (sulfide) groups is 1. The molecule has 1 heterocycles. The van der Waals surface area contributed by atoms with Crippen LogP contribution in [-0.2, 0) is 4.79 Å². The lowest BCUT2D eigenvalue weighted by Gasteiger charge is -2.15. The zero-order valence-corrected chi connectivity index (χ0v) is 14.4. The van der Waals surface area contributed by atoms with Crippen molar-refractivity contribution in [3.05, 3.63) is 58.1 Å². The van der Waals surface area contributed by atoms with E-state index in [9.17, 15) is 9.59 Å². The predicted molar refractivity (Wildman–Crippen MR) is 95.5 cm³/mol. The van der Waals surface area contributed by atoms with Gasteiger partial charge in [-0.2, -0.15) is 0 Å². The number of halogens is 2. The zero-order chi connectivity index (χ0) is 16.6. The van der Waals surface area contributed by atoms with Crippen LogP contribution >= 0.6 is 35.0 Å². The molecule has 0 aromatic heterocycles. The van der Waals surface area contributed by atoms with E-state index < -0.39 is 5.37 Å². The van der Waals surface area contributed by atoms with Crippen molar-refractivity contribution in [3.63, 3.8) is 0 Å². The molecule has 1 fully saturated rings. The fraction of sp³-hybridized carbons (Fsp3) is 0.125. The van der Waals surface area contributed by atoms with Crippen LogP contribution in [0.1, 0.15) is 5.56 Å². The second-order valence-corrected chi connectivity index (χ2v) is 6.94. The minimum Gasteiger partial charge on any atom is -0.364 e. The van der Waals surface area contributed by atoms with Gasteiger partial charge >= 0.3 is 0 Å². The fourth-order valence-electron chi connectivity index (χ4n) is 2.18. The van der Waals surface area contributed by atoms with Crippen LogP contribution in [0.2, 0.25) is 10.0 Å². The van der Waals surface area contributed by atoms with Crippen molar-refractivity contribution < 1.29 is 9.59 Å². The van der Waals surface area contributed by atoms with Crippen molar-refractivity contribution >= 4 is 57.5 Å². The number of hydrogen-bond acceptors (Lipinski definition) is 4. The third kappa shape index (κ3) is 3.32. The van der Waals surface area contributed by atoms with Gasteiger partial charge in [0.1, 0.15) is 0 Å². The van der Waals surface area contributed by atoms with Crippen LogP contribution in [-0.4, -0.2) is 16.5 Å². The highest BCUT2D eigenvalue weighted by Crippen LogP contribution is 2.34. The average Bonchev–Trinajstić information content (AvgIpc) is 2.78. The molecule has 2 aromatic rings. The van der Waals surface area contributed by atoms with E-state index in [1.54, 1.807) is 30.3 Å². The quantitative estimate of drug-likeness (QED) is 0.835. The summed E-state index contributed by atoms with van der Waals surface area (Å²) in [5.74, 6) is -0.324. The summed E-state index contributed by atoms with van der Waals surface area (Å²) in [5.41, 5.74) is 2.17. The number of carbonyl (C=O) groups excluding carboxylic acids is 2. The third-order valence-electron chi connectivity index (χ3n) is 3.36. The Morgan fingerprint density at radius 2 is 1.78 bits per heavy atom. The van der Waals surface area contributed by atoms with E-state index in [0.717, 1.165) is 17.3 Å². The highest BCUT2D eigenvalue weighted by Gasteiger charge is 2.40. The van der Waals surface area contributed by atoms with Crippen molar-refractivity contribution in [1.82, 2.24) is 0 Å². The van der Waals surface area contributed by atoms with Crippen molar-refractivity contribution in [2.24, 2.45) is 0 Å². The normalized spacial score (nSPS) is 17.7. The van der Waals surface area contributed by atoms with Gasteiger partial charge < -0.3 is 5.32 Å². The summed E-state index contributed by atoms with van der Waals surface area (Å²) in [6.07, 6.45) is 0. The molecule has 1 atom stereocenters. The zero-order valence-electron chi connectivity index (χ0n) is 12.0. The van der Waals surface area contributed by atoms with E-state index in [4.69, 9.17) is 23.2 Å². The van der Waals surface area contributed by atoms with Gasteiger partial charge in [0.05, 0.1) is 16.4 Å². The summed E-state index contributed by atoms with van der Waals surface area (Å²) in [4.78, 5) is 25.9. The predicted octanol–water partition coefficient (Wildman–Crippen LogP) is 4.94. The van der Waals surface area contributed by atoms with Crippen molar-refractivity contribution in [2.45, 2.75) is 12.3 Å². The molecule has 118 valence electrons. The fourth-order valence-corrected chi connectivity index (χ4v) is 3.53. The minimum absolute atomic E-state index is 0.318. The summed E-state index contributed by atoms with van der Waals surface area (Å²) < 4.78 is 0. The molecule has 2 aromatic carbocycles. The second kappa shape index (κ2) is 6.43. The molecule has 0 bridgehead atoms. The molecule has 3 rings (SSSR count). The molecule has 7 heteroatoms. The smallest absolute Gasteiger partial charge is 0.295 e. The van der Waals surface area contributed by atoms with Crippen LogP contribution in [0.4, 0.5) is 16.2 Å². The number of carbonyl (C=O) groups is 2. The molecule has 1 saturated heterocycles. The van der Waals surface area contributed by atoms with Gasteiger partial charge in [-0.25, -0.2) is 4.90 Å². The van der Waals surface area contributed by atoms with Gasteiger partial charge in [-0.15, -0.1) is 0 Å².